The number of aryl methyl sites for hydroxylation is 2. The number of carbonyl (C=O) groups excluding carboxylic acids is 1. The first-order valence-corrected chi connectivity index (χ1v) is 12.1. The number of H-pyrrole nitrogens is 1. The van der Waals surface area contributed by atoms with Gasteiger partial charge in [0.2, 0.25) is 5.62 Å². The van der Waals surface area contributed by atoms with E-state index in [1.54, 1.807) is 16.7 Å². The fourth-order valence-corrected chi connectivity index (χ4v) is 4.67. The van der Waals surface area contributed by atoms with Crippen LogP contribution in [0.25, 0.3) is 22.0 Å². The second-order valence-corrected chi connectivity index (χ2v) is 9.61. The summed E-state index contributed by atoms with van der Waals surface area (Å²) in [6, 6.07) is 15.2. The molecule has 0 aliphatic rings. The number of benzene rings is 3. The van der Waals surface area contributed by atoms with Crippen molar-refractivity contribution in [1.29, 1.82) is 5.41 Å². The average Bonchev–Trinajstić information content (AvgIpc) is 3.46. The molecule has 0 aliphatic carbocycles. The standard InChI is InChI=1S/C27H24Cl2N6O/c1-16-3-6-24-21(14-32-33-24)25(16)19-9-18(15-35-8-7-34(2)27(35)30)10-20(12-19)26(36)31-13-17-4-5-22(28)23(29)11-17/h3-12,14,30H,13,15H2,1-2H3,(H,31,36)(H,32,33). The summed E-state index contributed by atoms with van der Waals surface area (Å²) in [5, 5.41) is 20.4. The van der Waals surface area contributed by atoms with E-state index < -0.39 is 0 Å². The molecule has 0 fully saturated rings. The van der Waals surface area contributed by atoms with Crippen molar-refractivity contribution in [3.63, 3.8) is 0 Å². The molecule has 182 valence electrons. The fraction of sp³-hybridized carbons (Fsp3) is 0.148. The first-order valence-electron chi connectivity index (χ1n) is 11.4. The molecule has 0 radical (unpaired) electrons. The zero-order valence-corrected chi connectivity index (χ0v) is 21.3. The minimum absolute atomic E-state index is 0.203. The molecular weight excluding hydrogens is 495 g/mol. The van der Waals surface area contributed by atoms with Gasteiger partial charge in [-0.1, -0.05) is 35.3 Å². The molecule has 2 aromatic heterocycles. The van der Waals surface area contributed by atoms with Crippen molar-refractivity contribution in [2.45, 2.75) is 20.0 Å². The smallest absolute Gasteiger partial charge is 0.251 e. The number of carbonyl (C=O) groups is 1. The Labute approximate surface area is 217 Å². The summed E-state index contributed by atoms with van der Waals surface area (Å²) in [5.41, 5.74) is 6.62. The van der Waals surface area contributed by atoms with Gasteiger partial charge in [0.15, 0.2) is 0 Å². The Bertz CT molecular complexity index is 1660. The molecule has 2 heterocycles. The summed E-state index contributed by atoms with van der Waals surface area (Å²) in [6.07, 6.45) is 5.51. The van der Waals surface area contributed by atoms with Gasteiger partial charge in [0.25, 0.3) is 5.91 Å². The molecule has 36 heavy (non-hydrogen) atoms. The molecule has 0 spiro atoms. The number of halogens is 2. The molecule has 0 unspecified atom stereocenters. The summed E-state index contributed by atoms with van der Waals surface area (Å²) in [7, 11) is 1.83. The van der Waals surface area contributed by atoms with Gasteiger partial charge in [-0.3, -0.25) is 15.3 Å². The van der Waals surface area contributed by atoms with Crippen LogP contribution in [0.4, 0.5) is 0 Å². The van der Waals surface area contributed by atoms with Gasteiger partial charge in [0.1, 0.15) is 0 Å². The summed E-state index contributed by atoms with van der Waals surface area (Å²) in [5.74, 6) is -0.203. The van der Waals surface area contributed by atoms with Crippen molar-refractivity contribution >= 4 is 40.0 Å². The largest absolute Gasteiger partial charge is 0.348 e. The van der Waals surface area contributed by atoms with Crippen LogP contribution in [0.15, 0.2) is 67.1 Å². The molecule has 1 amide bonds. The first kappa shape index (κ1) is 23.9. The van der Waals surface area contributed by atoms with E-state index >= 15 is 0 Å². The zero-order valence-electron chi connectivity index (χ0n) is 19.8. The monoisotopic (exact) mass is 518 g/mol. The number of hydrogen-bond acceptors (Lipinski definition) is 3. The first-order chi connectivity index (χ1) is 17.3. The van der Waals surface area contributed by atoms with Gasteiger partial charge < -0.3 is 14.5 Å². The van der Waals surface area contributed by atoms with Gasteiger partial charge in [-0.05, 0) is 71.1 Å². The van der Waals surface area contributed by atoms with Gasteiger partial charge in [0.05, 0.1) is 28.3 Å². The number of aromatic nitrogens is 4. The van der Waals surface area contributed by atoms with E-state index in [4.69, 9.17) is 28.6 Å². The van der Waals surface area contributed by atoms with Gasteiger partial charge in [0, 0.05) is 36.9 Å². The summed E-state index contributed by atoms with van der Waals surface area (Å²) < 4.78 is 3.58. The second-order valence-electron chi connectivity index (χ2n) is 8.80. The molecule has 5 rings (SSSR count). The van der Waals surface area contributed by atoms with E-state index in [0.29, 0.717) is 34.3 Å². The van der Waals surface area contributed by atoms with Crippen molar-refractivity contribution in [3.8, 4) is 11.1 Å². The Hall–Kier alpha value is -3.81. The lowest BCUT2D eigenvalue weighted by Gasteiger charge is -2.14. The minimum Gasteiger partial charge on any atom is -0.348 e. The van der Waals surface area contributed by atoms with E-state index in [1.165, 1.54) is 0 Å². The van der Waals surface area contributed by atoms with E-state index in [1.807, 2.05) is 67.5 Å². The molecule has 0 atom stereocenters. The zero-order chi connectivity index (χ0) is 25.4. The molecule has 3 aromatic carbocycles. The van der Waals surface area contributed by atoms with E-state index in [0.717, 1.165) is 38.7 Å². The van der Waals surface area contributed by atoms with Crippen molar-refractivity contribution in [3.05, 3.63) is 105 Å². The molecule has 9 heteroatoms. The molecule has 3 N–H and O–H groups in total. The predicted octanol–water partition coefficient (Wildman–Crippen LogP) is 5.44. The highest BCUT2D eigenvalue weighted by Crippen LogP contribution is 2.32. The minimum atomic E-state index is -0.203. The third-order valence-electron chi connectivity index (χ3n) is 6.24. The lowest BCUT2D eigenvalue weighted by Crippen LogP contribution is -2.24. The number of fused-ring (bicyclic) bond motifs is 1. The van der Waals surface area contributed by atoms with Crippen LogP contribution in [0, 0.1) is 12.3 Å². The third-order valence-corrected chi connectivity index (χ3v) is 6.98. The predicted molar refractivity (Wildman–Crippen MR) is 142 cm³/mol. The van der Waals surface area contributed by atoms with Crippen molar-refractivity contribution < 1.29 is 4.79 Å². The summed E-state index contributed by atoms with van der Waals surface area (Å²) in [6.45, 7) is 2.82. The maximum Gasteiger partial charge on any atom is 0.251 e. The topological polar surface area (TPSA) is 91.5 Å². The lowest BCUT2D eigenvalue weighted by molar-refractivity contribution is 0.0951. The Morgan fingerprint density at radius 1 is 1.06 bits per heavy atom. The average molecular weight is 519 g/mol. The number of nitrogens with zero attached hydrogens (tertiary/aromatic N) is 3. The van der Waals surface area contributed by atoms with Crippen molar-refractivity contribution in [2.24, 2.45) is 7.05 Å². The van der Waals surface area contributed by atoms with Gasteiger partial charge in [-0.25, -0.2) is 0 Å². The Kier molecular flexibility index (Phi) is 6.43. The molecule has 5 aromatic rings. The van der Waals surface area contributed by atoms with Crippen LogP contribution in [0.5, 0.6) is 0 Å². The van der Waals surface area contributed by atoms with Gasteiger partial charge in [-0.15, -0.1) is 0 Å². The lowest BCUT2D eigenvalue weighted by atomic mass is 9.93. The Morgan fingerprint density at radius 2 is 1.89 bits per heavy atom. The highest BCUT2D eigenvalue weighted by molar-refractivity contribution is 6.42. The van der Waals surface area contributed by atoms with Crippen LogP contribution >= 0.6 is 23.2 Å². The summed E-state index contributed by atoms with van der Waals surface area (Å²) in [4.78, 5) is 13.3. The van der Waals surface area contributed by atoms with E-state index in [-0.39, 0.29) is 5.91 Å². The van der Waals surface area contributed by atoms with Gasteiger partial charge in [-0.2, -0.15) is 5.10 Å². The quantitative estimate of drug-likeness (QED) is 0.279. The highest BCUT2D eigenvalue weighted by Gasteiger charge is 2.15. The summed E-state index contributed by atoms with van der Waals surface area (Å²) >= 11 is 12.1. The van der Waals surface area contributed by atoms with Crippen LogP contribution in [0.1, 0.15) is 27.0 Å². The fourth-order valence-electron chi connectivity index (χ4n) is 4.35. The molecule has 0 aliphatic heterocycles. The highest BCUT2D eigenvalue weighted by atomic mass is 35.5. The second kappa shape index (κ2) is 9.68. The van der Waals surface area contributed by atoms with Crippen LogP contribution in [-0.4, -0.2) is 25.2 Å². The Morgan fingerprint density at radius 3 is 2.64 bits per heavy atom. The van der Waals surface area contributed by atoms with Crippen molar-refractivity contribution in [2.75, 3.05) is 0 Å². The SMILES string of the molecule is Cc1ccc2[nH]ncc2c1-c1cc(Cn2ccn(C)c2=N)cc(C(=O)NCc2ccc(Cl)c(Cl)c2)c1. The number of amides is 1. The number of imidazole rings is 1. The molecule has 7 nitrogen and oxygen atoms in total. The maximum atomic E-state index is 13.3. The van der Waals surface area contributed by atoms with Gasteiger partial charge >= 0.3 is 0 Å². The molecular formula is C27H24Cl2N6O. The number of hydrogen-bond donors (Lipinski definition) is 3. The Balaban J connectivity index is 1.54. The van der Waals surface area contributed by atoms with Crippen LogP contribution in [0.2, 0.25) is 10.0 Å². The number of rotatable bonds is 6. The molecule has 0 saturated heterocycles. The third kappa shape index (κ3) is 4.67. The van der Waals surface area contributed by atoms with E-state index in [2.05, 4.69) is 21.6 Å². The number of aromatic amines is 1. The van der Waals surface area contributed by atoms with E-state index in [9.17, 15) is 4.79 Å². The molecule has 0 bridgehead atoms. The van der Waals surface area contributed by atoms with Crippen LogP contribution < -0.4 is 10.9 Å². The normalized spacial score (nSPS) is 11.2. The maximum absolute atomic E-state index is 13.3. The van der Waals surface area contributed by atoms with Crippen LogP contribution in [-0.2, 0) is 20.1 Å². The number of nitrogens with one attached hydrogen (secondary N) is 3. The van der Waals surface area contributed by atoms with Crippen LogP contribution in [0.3, 0.4) is 0 Å². The molecule has 0 saturated carbocycles. The van der Waals surface area contributed by atoms with Crippen molar-refractivity contribution in [1.82, 2.24) is 24.6 Å².